The van der Waals surface area contributed by atoms with Gasteiger partial charge in [0.05, 0.1) is 22.1 Å². The Morgan fingerprint density at radius 2 is 1.91 bits per heavy atom. The van der Waals surface area contributed by atoms with E-state index in [0.29, 0.717) is 0 Å². The molecule has 32 heavy (non-hydrogen) atoms. The average Bonchev–Trinajstić information content (AvgIpc) is 3.03. The van der Waals surface area contributed by atoms with E-state index in [4.69, 9.17) is 16.3 Å². The molecule has 0 unspecified atom stereocenters. The van der Waals surface area contributed by atoms with E-state index in [1.165, 1.54) is 18.2 Å². The number of nitrogens with one attached hydrogen (secondary N) is 1. The number of carbonyl (C=O) groups excluding carboxylic acids is 4. The van der Waals surface area contributed by atoms with Gasteiger partial charge in [0.25, 0.3) is 11.1 Å². The fourth-order valence-electron chi connectivity index (χ4n) is 2.77. The van der Waals surface area contributed by atoms with Gasteiger partial charge in [-0.05, 0) is 48.5 Å². The van der Waals surface area contributed by atoms with Crippen LogP contribution in [-0.4, -0.2) is 41.1 Å². The van der Waals surface area contributed by atoms with E-state index >= 15 is 0 Å². The summed E-state index contributed by atoms with van der Waals surface area (Å²) in [6.45, 7) is 1.39. The van der Waals surface area contributed by atoms with Crippen molar-refractivity contribution in [2.75, 3.05) is 18.5 Å². The number of ether oxygens (including phenoxy) is 1. The number of rotatable bonds is 7. The zero-order chi connectivity index (χ0) is 23.1. The quantitative estimate of drug-likeness (QED) is 0.463. The van der Waals surface area contributed by atoms with Crippen LogP contribution in [0.15, 0.2) is 65.6 Å². The van der Waals surface area contributed by atoms with Crippen LogP contribution >= 0.6 is 23.4 Å². The number of allylic oxidation sites excluding steroid dienone is 2. The van der Waals surface area contributed by atoms with Crippen molar-refractivity contribution in [2.24, 2.45) is 0 Å². The molecule has 2 aromatic rings. The molecule has 0 radical (unpaired) electrons. The number of halogens is 1. The Hall–Kier alpha value is -3.36. The molecule has 0 saturated carbocycles. The Kier molecular flexibility index (Phi) is 7.86. The minimum absolute atomic E-state index is 0.102. The number of hydrogen-bond donors (Lipinski definition) is 1. The van der Waals surface area contributed by atoms with Gasteiger partial charge in [-0.25, -0.2) is 4.79 Å². The van der Waals surface area contributed by atoms with E-state index in [2.05, 4.69) is 5.32 Å². The summed E-state index contributed by atoms with van der Waals surface area (Å²) < 4.78 is 4.93. The summed E-state index contributed by atoms with van der Waals surface area (Å²) in [4.78, 5) is 50.2. The zero-order valence-corrected chi connectivity index (χ0v) is 18.6. The molecule has 0 spiro atoms. The molecular weight excluding hydrogens is 452 g/mol. The number of imide groups is 1. The Bertz CT molecular complexity index is 1110. The Balaban J connectivity index is 1.64. The predicted molar refractivity (Wildman–Crippen MR) is 124 cm³/mol. The van der Waals surface area contributed by atoms with E-state index in [-0.39, 0.29) is 27.8 Å². The second kappa shape index (κ2) is 10.8. The number of thioether (sulfide) groups is 1. The van der Waals surface area contributed by atoms with Crippen molar-refractivity contribution in [3.05, 3.63) is 81.7 Å². The maximum absolute atomic E-state index is 12.5. The Morgan fingerprint density at radius 1 is 1.16 bits per heavy atom. The van der Waals surface area contributed by atoms with Gasteiger partial charge in [-0.2, -0.15) is 0 Å². The van der Waals surface area contributed by atoms with Crippen LogP contribution in [0, 0.1) is 0 Å². The third kappa shape index (κ3) is 5.87. The van der Waals surface area contributed by atoms with Gasteiger partial charge in [0.15, 0.2) is 0 Å². The minimum Gasteiger partial charge on any atom is -0.462 e. The van der Waals surface area contributed by atoms with Crippen molar-refractivity contribution < 1.29 is 23.9 Å². The fourth-order valence-corrected chi connectivity index (χ4v) is 3.76. The molecule has 0 aromatic heterocycles. The summed E-state index contributed by atoms with van der Waals surface area (Å²) in [5.41, 5.74) is 1.34. The smallest absolute Gasteiger partial charge is 0.339 e. The third-order valence-electron chi connectivity index (χ3n) is 4.26. The molecule has 1 heterocycles. The molecule has 0 bridgehead atoms. The maximum atomic E-state index is 12.5. The highest BCUT2D eigenvalue weighted by molar-refractivity contribution is 8.18. The number of esters is 1. The van der Waals surface area contributed by atoms with Gasteiger partial charge in [0.2, 0.25) is 5.91 Å². The third-order valence-corrected chi connectivity index (χ3v) is 5.51. The molecule has 9 heteroatoms. The van der Waals surface area contributed by atoms with Gasteiger partial charge < -0.3 is 10.1 Å². The topological polar surface area (TPSA) is 92.8 Å². The van der Waals surface area contributed by atoms with Gasteiger partial charge in [-0.1, -0.05) is 54.1 Å². The van der Waals surface area contributed by atoms with Crippen molar-refractivity contribution >= 4 is 58.1 Å². The lowest BCUT2D eigenvalue weighted by molar-refractivity contribution is -0.127. The summed E-state index contributed by atoms with van der Waals surface area (Å²) in [6, 6.07) is 13.8. The Labute approximate surface area is 194 Å². The highest BCUT2D eigenvalue weighted by Gasteiger charge is 2.36. The zero-order valence-electron chi connectivity index (χ0n) is 17.0. The summed E-state index contributed by atoms with van der Waals surface area (Å²) in [5, 5.41) is 2.21. The summed E-state index contributed by atoms with van der Waals surface area (Å²) in [5.74, 6) is -1.75. The summed E-state index contributed by atoms with van der Waals surface area (Å²) >= 11 is 6.78. The predicted octanol–water partition coefficient (Wildman–Crippen LogP) is 4.75. The van der Waals surface area contributed by atoms with Crippen LogP contribution in [0.1, 0.15) is 22.8 Å². The molecule has 7 nitrogen and oxygen atoms in total. The van der Waals surface area contributed by atoms with Gasteiger partial charge >= 0.3 is 5.97 Å². The largest absolute Gasteiger partial charge is 0.462 e. The standard InChI is InChI=1S/C23H19ClN2O5S/c1-2-31-22(29)17-13-16(11-12-18(17)24)25-20(27)14-26-21(28)19(32-23(26)30)10-6-9-15-7-4-3-5-8-15/h3-13H,2,14H2,1H3,(H,25,27)/b9-6-,19-10+. The number of amides is 3. The summed E-state index contributed by atoms with van der Waals surface area (Å²) in [7, 11) is 0. The molecule has 1 saturated heterocycles. The lowest BCUT2D eigenvalue weighted by atomic mass is 10.2. The van der Waals surface area contributed by atoms with Gasteiger partial charge in [-0.3, -0.25) is 19.3 Å². The van der Waals surface area contributed by atoms with Crippen LogP contribution in [0.25, 0.3) is 6.08 Å². The molecular formula is C23H19ClN2O5S. The van der Waals surface area contributed by atoms with Crippen LogP contribution < -0.4 is 5.32 Å². The monoisotopic (exact) mass is 470 g/mol. The van der Waals surface area contributed by atoms with E-state index in [0.717, 1.165) is 22.2 Å². The number of benzene rings is 2. The first-order valence-electron chi connectivity index (χ1n) is 9.62. The highest BCUT2D eigenvalue weighted by Crippen LogP contribution is 2.30. The molecule has 1 N–H and O–H groups in total. The molecule has 1 aliphatic rings. The van der Waals surface area contributed by atoms with E-state index < -0.39 is 29.6 Å². The van der Waals surface area contributed by atoms with E-state index in [9.17, 15) is 19.2 Å². The van der Waals surface area contributed by atoms with Crippen LogP contribution in [0.2, 0.25) is 5.02 Å². The van der Waals surface area contributed by atoms with Gasteiger partial charge in [0.1, 0.15) is 6.54 Å². The van der Waals surface area contributed by atoms with E-state index in [1.54, 1.807) is 19.1 Å². The molecule has 3 rings (SSSR count). The molecule has 164 valence electrons. The molecule has 0 aliphatic carbocycles. The molecule has 2 aromatic carbocycles. The van der Waals surface area contributed by atoms with Crippen molar-refractivity contribution in [3.8, 4) is 0 Å². The number of nitrogens with zero attached hydrogens (tertiary/aromatic N) is 1. The van der Waals surface area contributed by atoms with Gasteiger partial charge in [0, 0.05) is 5.69 Å². The maximum Gasteiger partial charge on any atom is 0.339 e. The van der Waals surface area contributed by atoms with Gasteiger partial charge in [-0.15, -0.1) is 0 Å². The van der Waals surface area contributed by atoms with Crippen molar-refractivity contribution in [1.82, 2.24) is 4.90 Å². The normalized spacial score (nSPS) is 14.9. The average molecular weight is 471 g/mol. The molecule has 3 amide bonds. The van der Waals surface area contributed by atoms with Crippen LogP contribution in [0.4, 0.5) is 10.5 Å². The molecule has 1 fully saturated rings. The lowest BCUT2D eigenvalue weighted by Gasteiger charge is -2.13. The van der Waals surface area contributed by atoms with Crippen molar-refractivity contribution in [1.29, 1.82) is 0 Å². The molecule has 0 atom stereocenters. The second-order valence-electron chi connectivity index (χ2n) is 6.52. The minimum atomic E-state index is -0.617. The van der Waals surface area contributed by atoms with Crippen molar-refractivity contribution in [3.63, 3.8) is 0 Å². The SMILES string of the molecule is CCOC(=O)c1cc(NC(=O)CN2C(=O)S/C(=C/C=C\c3ccccc3)C2=O)ccc1Cl. The van der Waals surface area contributed by atoms with E-state index in [1.807, 2.05) is 36.4 Å². The molecule has 1 aliphatic heterocycles. The number of hydrogen-bond acceptors (Lipinski definition) is 6. The van der Waals surface area contributed by atoms with Crippen LogP contribution in [0.5, 0.6) is 0 Å². The van der Waals surface area contributed by atoms with Crippen LogP contribution in [-0.2, 0) is 14.3 Å². The first kappa shape index (κ1) is 23.3. The number of anilines is 1. The first-order chi connectivity index (χ1) is 15.4. The fraction of sp³-hybridized carbons (Fsp3) is 0.130. The first-order valence-corrected chi connectivity index (χ1v) is 10.8. The van der Waals surface area contributed by atoms with Crippen LogP contribution in [0.3, 0.4) is 0 Å². The number of carbonyl (C=O) groups is 4. The Morgan fingerprint density at radius 3 is 2.62 bits per heavy atom. The summed E-state index contributed by atoms with van der Waals surface area (Å²) in [6.07, 6.45) is 5.03. The lowest BCUT2D eigenvalue weighted by Crippen LogP contribution is -2.36. The highest BCUT2D eigenvalue weighted by atomic mass is 35.5. The second-order valence-corrected chi connectivity index (χ2v) is 7.92. The van der Waals surface area contributed by atoms with Crippen molar-refractivity contribution in [2.45, 2.75) is 6.92 Å².